The summed E-state index contributed by atoms with van der Waals surface area (Å²) in [4.78, 5) is 29.0. The fourth-order valence-corrected chi connectivity index (χ4v) is 4.61. The summed E-state index contributed by atoms with van der Waals surface area (Å²) in [6.07, 6.45) is 1.62. The Bertz CT molecular complexity index is 1290. The maximum absolute atomic E-state index is 14.4. The largest absolute Gasteiger partial charge is 0.507 e. The monoisotopic (exact) mass is 458 g/mol. The Morgan fingerprint density at radius 3 is 2.77 bits per heavy atom. The smallest absolute Gasteiger partial charge is 0.339 e. The molecule has 2 N–H and O–H groups in total. The molecule has 0 amide bonds. The Kier molecular flexibility index (Phi) is 5.61. The summed E-state index contributed by atoms with van der Waals surface area (Å²) in [5, 5.41) is 21.7. The van der Waals surface area contributed by atoms with E-state index in [0.717, 1.165) is 28.4 Å². The van der Waals surface area contributed by atoms with E-state index >= 15 is 0 Å². The molecule has 1 aromatic carbocycles. The van der Waals surface area contributed by atoms with Gasteiger partial charge in [-0.15, -0.1) is 22.7 Å². The highest BCUT2D eigenvalue weighted by Gasteiger charge is 2.19. The van der Waals surface area contributed by atoms with E-state index in [2.05, 4.69) is 19.9 Å². The van der Waals surface area contributed by atoms with Gasteiger partial charge in [0.05, 0.1) is 16.3 Å². The van der Waals surface area contributed by atoms with Crippen LogP contribution < -0.4 is 4.74 Å². The average Bonchev–Trinajstić information content (AvgIpc) is 3.34. The van der Waals surface area contributed by atoms with Gasteiger partial charge in [-0.1, -0.05) is 0 Å². The fourth-order valence-electron chi connectivity index (χ4n) is 2.77. The highest BCUT2D eigenvalue weighted by molar-refractivity contribution is 7.16. The molecule has 0 aliphatic rings. The number of nitrogens with zero attached hydrogens (tertiary/aromatic N) is 4. The van der Waals surface area contributed by atoms with Gasteiger partial charge in [0.15, 0.2) is 0 Å². The minimum absolute atomic E-state index is 0.0288. The van der Waals surface area contributed by atoms with Crippen LogP contribution in [0, 0.1) is 19.7 Å². The first-order chi connectivity index (χ1) is 14.8. The number of carbonyl (C=O) groups is 1. The number of hydrogen-bond acceptors (Lipinski definition) is 9. The van der Waals surface area contributed by atoms with Crippen molar-refractivity contribution in [1.82, 2.24) is 19.9 Å². The molecule has 0 unspecified atom stereocenters. The number of hydrogen-bond donors (Lipinski definition) is 2. The van der Waals surface area contributed by atoms with Gasteiger partial charge in [0.2, 0.25) is 0 Å². The van der Waals surface area contributed by atoms with Crippen LogP contribution in [0.4, 0.5) is 4.39 Å². The molecule has 8 nitrogen and oxygen atoms in total. The molecular weight excluding hydrogens is 443 g/mol. The molecule has 0 spiro atoms. The number of benzene rings is 1. The van der Waals surface area contributed by atoms with Gasteiger partial charge in [0.25, 0.3) is 0 Å². The second kappa shape index (κ2) is 8.36. The molecule has 4 rings (SSSR count). The number of phenols is 1. The Morgan fingerprint density at radius 1 is 1.23 bits per heavy atom. The summed E-state index contributed by atoms with van der Waals surface area (Å²) >= 11 is 2.57. The highest BCUT2D eigenvalue weighted by Crippen LogP contribution is 2.36. The highest BCUT2D eigenvalue weighted by atomic mass is 32.1. The number of ether oxygens (including phenoxy) is 1. The summed E-state index contributed by atoms with van der Waals surface area (Å²) < 4.78 is 20.0. The van der Waals surface area contributed by atoms with Crippen LogP contribution in [0.2, 0.25) is 0 Å². The number of carboxylic acid groups (broad SMARTS) is 1. The summed E-state index contributed by atoms with van der Waals surface area (Å²) in [5.74, 6) is -2.70. The summed E-state index contributed by atoms with van der Waals surface area (Å²) in [7, 11) is 0. The lowest BCUT2D eigenvalue weighted by Crippen LogP contribution is -1.99. The van der Waals surface area contributed by atoms with Crippen LogP contribution in [-0.4, -0.2) is 36.1 Å². The summed E-state index contributed by atoms with van der Waals surface area (Å²) in [5.41, 5.74) is 1.68. The van der Waals surface area contributed by atoms with Crippen LogP contribution in [-0.2, 0) is 6.61 Å². The van der Waals surface area contributed by atoms with E-state index in [4.69, 9.17) is 9.84 Å². The molecule has 4 aromatic rings. The normalized spacial score (nSPS) is 10.9. The lowest BCUT2D eigenvalue weighted by molar-refractivity contribution is 0.0693. The van der Waals surface area contributed by atoms with Crippen LogP contribution in [0.25, 0.3) is 21.1 Å². The van der Waals surface area contributed by atoms with Gasteiger partial charge in [-0.05, 0) is 32.0 Å². The molecule has 0 aliphatic carbocycles. The third kappa shape index (κ3) is 4.37. The minimum atomic E-state index is -1.41. The Hall–Kier alpha value is -3.44. The van der Waals surface area contributed by atoms with Gasteiger partial charge in [0.1, 0.15) is 33.8 Å². The van der Waals surface area contributed by atoms with Crippen LogP contribution >= 0.6 is 22.7 Å². The molecule has 0 atom stereocenters. The summed E-state index contributed by atoms with van der Waals surface area (Å²) in [6.45, 7) is 3.88. The third-order valence-electron chi connectivity index (χ3n) is 4.22. The van der Waals surface area contributed by atoms with Gasteiger partial charge in [0, 0.05) is 22.8 Å². The van der Waals surface area contributed by atoms with E-state index in [0.29, 0.717) is 15.7 Å². The molecule has 0 saturated heterocycles. The van der Waals surface area contributed by atoms with Crippen molar-refractivity contribution in [2.24, 2.45) is 0 Å². The molecule has 0 saturated carbocycles. The topological polar surface area (TPSA) is 118 Å². The molecule has 3 heterocycles. The number of halogens is 1. The van der Waals surface area contributed by atoms with Crippen molar-refractivity contribution in [3.63, 3.8) is 0 Å². The van der Waals surface area contributed by atoms with E-state index in [9.17, 15) is 14.3 Å². The van der Waals surface area contributed by atoms with Crippen LogP contribution in [0.5, 0.6) is 11.8 Å². The van der Waals surface area contributed by atoms with Gasteiger partial charge in [-0.2, -0.15) is 0 Å². The van der Waals surface area contributed by atoms with Gasteiger partial charge < -0.3 is 14.9 Å². The van der Waals surface area contributed by atoms with E-state index in [1.54, 1.807) is 17.6 Å². The van der Waals surface area contributed by atoms with E-state index in [-0.39, 0.29) is 18.2 Å². The molecule has 0 radical (unpaired) electrons. The molecule has 158 valence electrons. The number of rotatable bonds is 6. The number of thiazole rings is 2. The van der Waals surface area contributed by atoms with Crippen molar-refractivity contribution in [1.29, 1.82) is 0 Å². The molecule has 0 aliphatic heterocycles. The number of aryl methyl sites for hydroxylation is 2. The minimum Gasteiger partial charge on any atom is -0.507 e. The molecule has 31 heavy (non-hydrogen) atoms. The first-order valence-corrected chi connectivity index (χ1v) is 10.6. The second-order valence-corrected chi connectivity index (χ2v) is 8.43. The SMILES string of the molecule is Cc1ccnc(OCc2nc(C)c(-c3csc(-c4cc(O)c(C(=O)O)cc4F)n3)s2)n1. The zero-order valence-corrected chi connectivity index (χ0v) is 17.9. The van der Waals surface area contributed by atoms with Crippen molar-refractivity contribution in [2.45, 2.75) is 20.5 Å². The number of aromatic hydroxyl groups is 1. The van der Waals surface area contributed by atoms with E-state index in [1.807, 2.05) is 13.8 Å². The van der Waals surface area contributed by atoms with Crippen molar-refractivity contribution in [2.75, 3.05) is 0 Å². The predicted molar refractivity (Wildman–Crippen MR) is 113 cm³/mol. The maximum Gasteiger partial charge on any atom is 0.339 e. The Labute approximate surface area is 183 Å². The molecular formula is C20H15FN4O4S2. The van der Waals surface area contributed by atoms with Gasteiger partial charge in [-0.3, -0.25) is 0 Å². The molecule has 0 bridgehead atoms. The Balaban J connectivity index is 1.57. The quantitative estimate of drug-likeness (QED) is 0.435. The molecule has 11 heteroatoms. The average molecular weight is 458 g/mol. The fraction of sp³-hybridized carbons (Fsp3) is 0.150. The molecule has 0 fully saturated rings. The van der Waals surface area contributed by atoms with Crippen LogP contribution in [0.3, 0.4) is 0 Å². The second-order valence-electron chi connectivity index (χ2n) is 6.48. The maximum atomic E-state index is 14.4. The molecule has 3 aromatic heterocycles. The predicted octanol–water partition coefficient (Wildman–Crippen LogP) is 4.46. The van der Waals surface area contributed by atoms with Crippen molar-refractivity contribution < 1.29 is 24.1 Å². The number of aromatic carboxylic acids is 1. The van der Waals surface area contributed by atoms with Gasteiger partial charge >= 0.3 is 12.0 Å². The summed E-state index contributed by atoms with van der Waals surface area (Å²) in [6, 6.07) is 3.90. The van der Waals surface area contributed by atoms with Crippen molar-refractivity contribution in [3.05, 3.63) is 57.6 Å². The number of carboxylic acids is 1. The first-order valence-electron chi connectivity index (χ1n) is 8.92. The standard InChI is InChI=1S/C20H15FN4O4S2/c1-9-3-4-22-20(23-9)29-7-16-24-10(2)17(31-16)14-8-30-18(25-14)11-6-15(26)12(19(27)28)5-13(11)21/h3-6,8,26H,7H2,1-2H3,(H,27,28). The third-order valence-corrected chi connectivity index (χ3v) is 6.25. The van der Waals surface area contributed by atoms with E-state index in [1.165, 1.54) is 22.7 Å². The first kappa shape index (κ1) is 20.8. The van der Waals surface area contributed by atoms with Gasteiger partial charge in [-0.25, -0.2) is 29.1 Å². The number of aromatic nitrogens is 4. The van der Waals surface area contributed by atoms with Crippen molar-refractivity contribution in [3.8, 4) is 32.9 Å². The van der Waals surface area contributed by atoms with Crippen molar-refractivity contribution >= 4 is 28.6 Å². The lowest BCUT2D eigenvalue weighted by atomic mass is 10.1. The van der Waals surface area contributed by atoms with Crippen LogP contribution in [0.15, 0.2) is 29.8 Å². The zero-order chi connectivity index (χ0) is 22.1. The van der Waals surface area contributed by atoms with E-state index < -0.39 is 23.1 Å². The Morgan fingerprint density at radius 2 is 2.03 bits per heavy atom. The lowest BCUT2D eigenvalue weighted by Gasteiger charge is -2.04. The zero-order valence-electron chi connectivity index (χ0n) is 16.3. The van der Waals surface area contributed by atoms with Crippen LogP contribution in [0.1, 0.15) is 26.8 Å².